The molecule has 1 aliphatic carbocycles. The molecular formula is C18H18BrNO6S. The average molecular weight is 456 g/mol. The van der Waals surface area contributed by atoms with Crippen LogP contribution in [0.25, 0.3) is 0 Å². The fraction of sp³-hybridized carbons (Fsp3) is 0.389. The van der Waals surface area contributed by atoms with Crippen molar-refractivity contribution in [3.63, 3.8) is 0 Å². The third-order valence-corrected chi connectivity index (χ3v) is 5.42. The lowest BCUT2D eigenvalue weighted by molar-refractivity contribution is 0.0512. The van der Waals surface area contributed by atoms with Gasteiger partial charge in [-0.2, -0.15) is 0 Å². The molecule has 0 spiro atoms. The van der Waals surface area contributed by atoms with E-state index in [1.807, 2.05) is 0 Å². The Labute approximate surface area is 165 Å². The Hall–Kier alpha value is -2.00. The highest BCUT2D eigenvalue weighted by Gasteiger charge is 2.38. The van der Waals surface area contributed by atoms with Crippen molar-refractivity contribution >= 4 is 37.5 Å². The molecule has 0 bridgehead atoms. The monoisotopic (exact) mass is 455 g/mol. The van der Waals surface area contributed by atoms with Crippen LogP contribution < -0.4 is 0 Å². The Bertz CT molecular complexity index is 1010. The summed E-state index contributed by atoms with van der Waals surface area (Å²) in [6.45, 7) is 1.79. The molecule has 3 rings (SSSR count). The molecule has 1 heterocycles. The number of carbonyl (C=O) groups is 2. The van der Waals surface area contributed by atoms with Crippen LogP contribution in [0.3, 0.4) is 0 Å². The van der Waals surface area contributed by atoms with Crippen LogP contribution >= 0.6 is 15.9 Å². The highest BCUT2D eigenvalue weighted by molar-refractivity contribution is 9.10. The van der Waals surface area contributed by atoms with Crippen LogP contribution in [-0.4, -0.2) is 38.2 Å². The quantitative estimate of drug-likeness (QED) is 0.465. The summed E-state index contributed by atoms with van der Waals surface area (Å²) < 4.78 is 34.5. The predicted molar refractivity (Wildman–Crippen MR) is 101 cm³/mol. The number of esters is 1. The fourth-order valence-corrected chi connectivity index (χ4v) is 4.02. The van der Waals surface area contributed by atoms with Gasteiger partial charge in [0.05, 0.1) is 12.4 Å². The van der Waals surface area contributed by atoms with E-state index in [1.54, 1.807) is 19.1 Å². The highest BCUT2D eigenvalue weighted by atomic mass is 79.9. The van der Waals surface area contributed by atoms with Gasteiger partial charge < -0.3 is 9.26 Å². The van der Waals surface area contributed by atoms with E-state index in [0.29, 0.717) is 15.8 Å². The summed E-state index contributed by atoms with van der Waals surface area (Å²) in [6.07, 6.45) is 2.78. The van der Waals surface area contributed by atoms with E-state index >= 15 is 0 Å². The second kappa shape index (κ2) is 7.55. The Balaban J connectivity index is 2.11. The molecule has 0 radical (unpaired) electrons. The topological polar surface area (TPSA) is 104 Å². The summed E-state index contributed by atoms with van der Waals surface area (Å²) in [7, 11) is -3.37. The zero-order chi connectivity index (χ0) is 19.8. The van der Waals surface area contributed by atoms with Crippen molar-refractivity contribution < 1.29 is 27.3 Å². The molecule has 1 saturated carbocycles. The number of benzene rings is 1. The van der Waals surface area contributed by atoms with Gasteiger partial charge in [0.25, 0.3) is 0 Å². The molecule has 0 atom stereocenters. The van der Waals surface area contributed by atoms with Gasteiger partial charge in [-0.1, -0.05) is 21.1 Å². The van der Waals surface area contributed by atoms with Crippen molar-refractivity contribution in [3.05, 3.63) is 50.8 Å². The lowest BCUT2D eigenvalue weighted by Crippen LogP contribution is -2.15. The van der Waals surface area contributed by atoms with Gasteiger partial charge in [0, 0.05) is 22.2 Å². The van der Waals surface area contributed by atoms with Gasteiger partial charge in [-0.15, -0.1) is 0 Å². The Morgan fingerprint density at radius 3 is 2.63 bits per heavy atom. The van der Waals surface area contributed by atoms with Gasteiger partial charge in [-0.3, -0.25) is 4.79 Å². The van der Waals surface area contributed by atoms with E-state index in [-0.39, 0.29) is 35.1 Å². The number of carbonyl (C=O) groups excluding carboxylic acids is 2. The zero-order valence-electron chi connectivity index (χ0n) is 14.8. The maximum atomic E-state index is 13.3. The van der Waals surface area contributed by atoms with Crippen LogP contribution in [0.1, 0.15) is 63.4 Å². The number of ether oxygens (including phenoxy) is 1. The fourth-order valence-electron chi connectivity index (χ4n) is 2.81. The van der Waals surface area contributed by atoms with Crippen LogP contribution in [0.4, 0.5) is 0 Å². The van der Waals surface area contributed by atoms with Crippen molar-refractivity contribution in [2.75, 3.05) is 12.9 Å². The van der Waals surface area contributed by atoms with Crippen molar-refractivity contribution in [3.8, 4) is 0 Å². The number of ketones is 1. The zero-order valence-corrected chi connectivity index (χ0v) is 17.2. The molecule has 1 aromatic carbocycles. The summed E-state index contributed by atoms with van der Waals surface area (Å²) in [5.74, 6) is -1.14. The lowest BCUT2D eigenvalue weighted by Gasteiger charge is -2.09. The molecule has 1 fully saturated rings. The van der Waals surface area contributed by atoms with Gasteiger partial charge in [0.2, 0.25) is 5.69 Å². The first-order chi connectivity index (χ1) is 12.7. The minimum atomic E-state index is -3.37. The maximum Gasteiger partial charge on any atom is 0.361 e. The molecule has 9 heteroatoms. The molecule has 0 unspecified atom stereocenters. The molecule has 0 amide bonds. The number of hydrogen-bond acceptors (Lipinski definition) is 7. The molecule has 7 nitrogen and oxygen atoms in total. The van der Waals surface area contributed by atoms with Gasteiger partial charge in [0.1, 0.15) is 5.56 Å². The second-order valence-corrected chi connectivity index (χ2v) is 9.52. The van der Waals surface area contributed by atoms with E-state index in [9.17, 15) is 18.0 Å². The largest absolute Gasteiger partial charge is 0.461 e. The summed E-state index contributed by atoms with van der Waals surface area (Å²) in [5, 5.41) is 3.77. The van der Waals surface area contributed by atoms with Crippen molar-refractivity contribution in [2.24, 2.45) is 0 Å². The Morgan fingerprint density at radius 1 is 1.33 bits per heavy atom. The van der Waals surface area contributed by atoms with Gasteiger partial charge in [-0.05, 0) is 43.5 Å². The SMILES string of the molecule is CCOC(=O)c1noc(C2CC2)c1C(=O)c1ccc(Br)cc1CS(C)(=O)=O. The molecule has 27 heavy (non-hydrogen) atoms. The molecule has 0 aliphatic heterocycles. The van der Waals surface area contributed by atoms with Crippen LogP contribution in [0.15, 0.2) is 27.2 Å². The molecule has 2 aromatic rings. The summed E-state index contributed by atoms with van der Waals surface area (Å²) in [4.78, 5) is 25.5. The Morgan fingerprint density at radius 2 is 2.04 bits per heavy atom. The van der Waals surface area contributed by atoms with Gasteiger partial charge in [-0.25, -0.2) is 13.2 Å². The van der Waals surface area contributed by atoms with E-state index in [4.69, 9.17) is 9.26 Å². The number of rotatable bonds is 7. The number of nitrogens with zero attached hydrogens (tertiary/aromatic N) is 1. The smallest absolute Gasteiger partial charge is 0.361 e. The van der Waals surface area contributed by atoms with Crippen LogP contribution in [-0.2, 0) is 20.3 Å². The van der Waals surface area contributed by atoms with Gasteiger partial charge in [0.15, 0.2) is 21.4 Å². The molecular weight excluding hydrogens is 438 g/mol. The van der Waals surface area contributed by atoms with Crippen molar-refractivity contribution in [1.29, 1.82) is 0 Å². The van der Waals surface area contributed by atoms with Gasteiger partial charge >= 0.3 is 5.97 Å². The van der Waals surface area contributed by atoms with Crippen LogP contribution in [0.5, 0.6) is 0 Å². The minimum Gasteiger partial charge on any atom is -0.461 e. The van der Waals surface area contributed by atoms with E-state index in [1.165, 1.54) is 6.07 Å². The maximum absolute atomic E-state index is 13.3. The third kappa shape index (κ3) is 4.47. The first kappa shape index (κ1) is 19.8. The first-order valence-corrected chi connectivity index (χ1v) is 11.2. The van der Waals surface area contributed by atoms with E-state index in [2.05, 4.69) is 21.1 Å². The van der Waals surface area contributed by atoms with E-state index in [0.717, 1.165) is 19.1 Å². The molecule has 144 valence electrons. The first-order valence-electron chi connectivity index (χ1n) is 8.38. The molecule has 0 saturated heterocycles. The second-order valence-electron chi connectivity index (χ2n) is 6.47. The number of hydrogen-bond donors (Lipinski definition) is 0. The lowest BCUT2D eigenvalue weighted by atomic mass is 9.96. The number of halogens is 1. The highest BCUT2D eigenvalue weighted by Crippen LogP contribution is 2.43. The van der Waals surface area contributed by atoms with E-state index < -0.39 is 21.6 Å². The Kier molecular flexibility index (Phi) is 5.53. The normalized spacial score (nSPS) is 14.2. The summed E-state index contributed by atoms with van der Waals surface area (Å²) in [5.41, 5.74) is 0.430. The molecule has 1 aromatic heterocycles. The summed E-state index contributed by atoms with van der Waals surface area (Å²) >= 11 is 3.30. The average Bonchev–Trinajstić information content (AvgIpc) is 3.31. The number of sulfone groups is 1. The third-order valence-electron chi connectivity index (χ3n) is 4.09. The molecule has 0 N–H and O–H groups in total. The van der Waals surface area contributed by atoms with Crippen molar-refractivity contribution in [2.45, 2.75) is 31.4 Å². The van der Waals surface area contributed by atoms with Crippen LogP contribution in [0, 0.1) is 0 Å². The number of aromatic nitrogens is 1. The van der Waals surface area contributed by atoms with Crippen LogP contribution in [0.2, 0.25) is 0 Å². The molecule has 1 aliphatic rings. The summed E-state index contributed by atoms with van der Waals surface area (Å²) in [6, 6.07) is 4.77. The minimum absolute atomic E-state index is 0.0356. The predicted octanol–water partition coefficient (Wildman–Crippen LogP) is 3.27. The van der Waals surface area contributed by atoms with Crippen molar-refractivity contribution in [1.82, 2.24) is 5.16 Å². The standard InChI is InChI=1S/C18H18BrNO6S/c1-3-25-18(22)15-14(17(26-20-15)10-4-5-10)16(21)13-7-6-12(19)8-11(13)9-27(2,23)24/h6-8,10H,3-5,9H2,1-2H3.